The SMILES string of the molecule is Cc1ccccc1NC(=O)C(N)C1=CC(=S)CC=C1. The molecule has 0 spiro atoms. The lowest BCUT2D eigenvalue weighted by atomic mass is 10.00. The summed E-state index contributed by atoms with van der Waals surface area (Å²) in [6.45, 7) is 1.94. The maximum atomic E-state index is 12.1. The molecule has 0 saturated heterocycles. The summed E-state index contributed by atoms with van der Waals surface area (Å²) in [5.74, 6) is -0.227. The molecule has 1 aromatic rings. The first-order chi connectivity index (χ1) is 9.08. The number of nitrogens with two attached hydrogens (primary N) is 1. The molecule has 3 nitrogen and oxygen atoms in total. The van der Waals surface area contributed by atoms with Crippen LogP contribution in [0.3, 0.4) is 0 Å². The van der Waals surface area contributed by atoms with Gasteiger partial charge in [-0.1, -0.05) is 42.6 Å². The zero-order chi connectivity index (χ0) is 13.8. The molecule has 19 heavy (non-hydrogen) atoms. The lowest BCUT2D eigenvalue weighted by Crippen LogP contribution is -2.37. The average Bonchev–Trinajstić information content (AvgIpc) is 2.40. The van der Waals surface area contributed by atoms with E-state index >= 15 is 0 Å². The van der Waals surface area contributed by atoms with Crippen LogP contribution in [0, 0.1) is 6.92 Å². The third-order valence-corrected chi connectivity index (χ3v) is 3.29. The van der Waals surface area contributed by atoms with E-state index < -0.39 is 6.04 Å². The standard InChI is InChI=1S/C15H16N2OS/c1-10-5-2-3-8-13(10)17-15(18)14(16)11-6-4-7-12(19)9-11/h2-6,8-9,14H,7,16H2,1H3,(H,17,18). The van der Waals surface area contributed by atoms with Gasteiger partial charge in [0.2, 0.25) is 5.91 Å². The molecule has 1 amide bonds. The van der Waals surface area contributed by atoms with Gasteiger partial charge in [-0.2, -0.15) is 0 Å². The summed E-state index contributed by atoms with van der Waals surface area (Å²) in [7, 11) is 0. The van der Waals surface area contributed by atoms with Crippen molar-refractivity contribution in [1.29, 1.82) is 0 Å². The van der Waals surface area contributed by atoms with Crippen molar-refractivity contribution in [3.8, 4) is 0 Å². The van der Waals surface area contributed by atoms with Crippen LogP contribution in [0.15, 0.2) is 48.1 Å². The third kappa shape index (κ3) is 3.36. The smallest absolute Gasteiger partial charge is 0.245 e. The molecule has 0 bridgehead atoms. The molecular formula is C15H16N2OS. The second-order valence-corrected chi connectivity index (χ2v) is 5.02. The first-order valence-electron chi connectivity index (χ1n) is 6.11. The highest BCUT2D eigenvalue weighted by Crippen LogP contribution is 2.16. The molecule has 0 saturated carbocycles. The normalized spacial score (nSPS) is 15.9. The highest BCUT2D eigenvalue weighted by atomic mass is 32.1. The predicted molar refractivity (Wildman–Crippen MR) is 82.2 cm³/mol. The number of anilines is 1. The Hall–Kier alpha value is -1.78. The summed E-state index contributed by atoms with van der Waals surface area (Å²) in [6.07, 6.45) is 6.33. The van der Waals surface area contributed by atoms with Crippen molar-refractivity contribution in [1.82, 2.24) is 0 Å². The van der Waals surface area contributed by atoms with E-state index in [1.54, 1.807) is 6.08 Å². The summed E-state index contributed by atoms with van der Waals surface area (Å²) < 4.78 is 0. The van der Waals surface area contributed by atoms with Gasteiger partial charge >= 0.3 is 0 Å². The van der Waals surface area contributed by atoms with Crippen molar-refractivity contribution in [3.63, 3.8) is 0 Å². The lowest BCUT2D eigenvalue weighted by Gasteiger charge is -2.16. The van der Waals surface area contributed by atoms with Crippen molar-refractivity contribution in [2.24, 2.45) is 5.73 Å². The molecule has 1 aliphatic carbocycles. The summed E-state index contributed by atoms with van der Waals surface area (Å²) in [5.41, 5.74) is 8.50. The molecule has 0 radical (unpaired) electrons. The zero-order valence-electron chi connectivity index (χ0n) is 10.7. The van der Waals surface area contributed by atoms with Gasteiger partial charge in [-0.25, -0.2) is 0 Å². The molecule has 4 heteroatoms. The number of thiocarbonyl (C=S) groups is 1. The number of rotatable bonds is 3. The van der Waals surface area contributed by atoms with Gasteiger partial charge in [-0.3, -0.25) is 4.79 Å². The number of allylic oxidation sites excluding steroid dienone is 2. The molecule has 1 unspecified atom stereocenters. The van der Waals surface area contributed by atoms with Crippen LogP contribution in [0.1, 0.15) is 12.0 Å². The summed E-state index contributed by atoms with van der Waals surface area (Å²) in [5, 5.41) is 2.84. The number of hydrogen-bond donors (Lipinski definition) is 2. The molecule has 0 fully saturated rings. The quantitative estimate of drug-likeness (QED) is 0.831. The molecule has 0 aliphatic heterocycles. The average molecular weight is 272 g/mol. The summed E-state index contributed by atoms with van der Waals surface area (Å²) in [4.78, 5) is 12.9. The van der Waals surface area contributed by atoms with Gasteiger partial charge in [0.15, 0.2) is 0 Å². The Morgan fingerprint density at radius 3 is 2.84 bits per heavy atom. The first kappa shape index (κ1) is 13.6. The van der Waals surface area contributed by atoms with Crippen LogP contribution >= 0.6 is 12.2 Å². The number of nitrogens with one attached hydrogen (secondary N) is 1. The van der Waals surface area contributed by atoms with Crippen molar-refractivity contribution >= 4 is 28.7 Å². The minimum atomic E-state index is -0.700. The maximum Gasteiger partial charge on any atom is 0.245 e. The lowest BCUT2D eigenvalue weighted by molar-refractivity contribution is -0.116. The number of amides is 1. The fourth-order valence-electron chi connectivity index (χ4n) is 1.87. The van der Waals surface area contributed by atoms with Crippen LogP contribution in [0.2, 0.25) is 0 Å². The first-order valence-corrected chi connectivity index (χ1v) is 6.52. The Labute approximate surface area is 118 Å². The topological polar surface area (TPSA) is 55.1 Å². The molecule has 1 atom stereocenters. The monoisotopic (exact) mass is 272 g/mol. The van der Waals surface area contributed by atoms with E-state index in [9.17, 15) is 4.79 Å². The van der Waals surface area contributed by atoms with Crippen LogP contribution < -0.4 is 11.1 Å². The summed E-state index contributed by atoms with van der Waals surface area (Å²) in [6, 6.07) is 6.90. The molecule has 1 aliphatic rings. The molecule has 0 aromatic heterocycles. The molecule has 0 heterocycles. The molecule has 98 valence electrons. The second kappa shape index (κ2) is 5.91. The van der Waals surface area contributed by atoms with Gasteiger partial charge in [-0.05, 0) is 30.2 Å². The number of carbonyl (C=O) groups is 1. The Balaban J connectivity index is 2.10. The van der Waals surface area contributed by atoms with Crippen LogP contribution in [0.5, 0.6) is 0 Å². The van der Waals surface area contributed by atoms with Gasteiger partial charge < -0.3 is 11.1 Å². The number of carbonyl (C=O) groups excluding carboxylic acids is 1. The minimum absolute atomic E-state index is 0.227. The molecule has 2 rings (SSSR count). The molecular weight excluding hydrogens is 256 g/mol. The number of para-hydroxylation sites is 1. The van der Waals surface area contributed by atoms with E-state index in [1.807, 2.05) is 43.3 Å². The maximum absolute atomic E-state index is 12.1. The van der Waals surface area contributed by atoms with E-state index in [0.717, 1.165) is 28.1 Å². The van der Waals surface area contributed by atoms with Crippen LogP contribution in [0.4, 0.5) is 5.69 Å². The minimum Gasteiger partial charge on any atom is -0.324 e. The Morgan fingerprint density at radius 2 is 2.16 bits per heavy atom. The van der Waals surface area contributed by atoms with E-state index in [-0.39, 0.29) is 5.91 Å². The van der Waals surface area contributed by atoms with Crippen LogP contribution in [-0.2, 0) is 4.79 Å². The third-order valence-electron chi connectivity index (χ3n) is 3.00. The van der Waals surface area contributed by atoms with E-state index in [0.29, 0.717) is 0 Å². The summed E-state index contributed by atoms with van der Waals surface area (Å²) >= 11 is 5.12. The Morgan fingerprint density at radius 1 is 1.42 bits per heavy atom. The number of hydrogen-bond acceptors (Lipinski definition) is 3. The molecule has 1 aromatic carbocycles. The van der Waals surface area contributed by atoms with Gasteiger partial charge in [0.1, 0.15) is 6.04 Å². The fraction of sp³-hybridized carbons (Fsp3) is 0.200. The number of benzene rings is 1. The van der Waals surface area contributed by atoms with E-state index in [2.05, 4.69) is 5.32 Å². The van der Waals surface area contributed by atoms with Crippen LogP contribution in [-0.4, -0.2) is 16.8 Å². The van der Waals surface area contributed by atoms with Gasteiger partial charge in [0, 0.05) is 17.0 Å². The van der Waals surface area contributed by atoms with E-state index in [1.165, 1.54) is 0 Å². The predicted octanol–water partition coefficient (Wildman–Crippen LogP) is 2.52. The largest absolute Gasteiger partial charge is 0.324 e. The Bertz CT molecular complexity index is 575. The fourth-order valence-corrected chi connectivity index (χ4v) is 2.10. The zero-order valence-corrected chi connectivity index (χ0v) is 11.5. The van der Waals surface area contributed by atoms with Gasteiger partial charge in [-0.15, -0.1) is 0 Å². The van der Waals surface area contributed by atoms with Gasteiger partial charge in [0.25, 0.3) is 0 Å². The highest BCUT2D eigenvalue weighted by molar-refractivity contribution is 7.80. The van der Waals surface area contributed by atoms with Gasteiger partial charge in [0.05, 0.1) is 0 Å². The van der Waals surface area contributed by atoms with Crippen molar-refractivity contribution in [2.75, 3.05) is 5.32 Å². The van der Waals surface area contributed by atoms with Crippen LogP contribution in [0.25, 0.3) is 0 Å². The second-order valence-electron chi connectivity index (χ2n) is 4.50. The highest BCUT2D eigenvalue weighted by Gasteiger charge is 2.18. The number of aryl methyl sites for hydroxylation is 1. The van der Waals surface area contributed by atoms with Crippen molar-refractivity contribution < 1.29 is 4.79 Å². The van der Waals surface area contributed by atoms with Crippen molar-refractivity contribution in [3.05, 3.63) is 53.6 Å². The molecule has 3 N–H and O–H groups in total. The Kier molecular flexibility index (Phi) is 4.24. The van der Waals surface area contributed by atoms with Crippen molar-refractivity contribution in [2.45, 2.75) is 19.4 Å². The van der Waals surface area contributed by atoms with E-state index in [4.69, 9.17) is 18.0 Å².